The molecule has 7 heteroatoms. The van der Waals surface area contributed by atoms with Gasteiger partial charge in [-0.2, -0.15) is 0 Å². The molecule has 0 saturated heterocycles. The van der Waals surface area contributed by atoms with E-state index in [1.165, 1.54) is 18.2 Å². The highest BCUT2D eigenvalue weighted by Crippen LogP contribution is 2.49. The second kappa shape index (κ2) is 8.50. The van der Waals surface area contributed by atoms with E-state index in [0.717, 1.165) is 17.5 Å². The van der Waals surface area contributed by atoms with Gasteiger partial charge in [0.2, 0.25) is 11.8 Å². The largest absolute Gasteiger partial charge is 0.326 e. The summed E-state index contributed by atoms with van der Waals surface area (Å²) >= 11 is 0. The molecule has 0 bridgehead atoms. The van der Waals surface area contributed by atoms with Crippen LogP contribution in [0.2, 0.25) is 0 Å². The Labute approximate surface area is 191 Å². The minimum atomic E-state index is -0.533. The van der Waals surface area contributed by atoms with E-state index < -0.39 is 4.92 Å². The monoisotopic (exact) mass is 441 g/mol. The quantitative estimate of drug-likeness (QED) is 0.394. The van der Waals surface area contributed by atoms with Gasteiger partial charge >= 0.3 is 0 Å². The number of rotatable bonds is 7. The summed E-state index contributed by atoms with van der Waals surface area (Å²) in [6.45, 7) is 0. The van der Waals surface area contributed by atoms with Crippen LogP contribution in [0.25, 0.3) is 0 Å². The molecule has 2 aliphatic carbocycles. The molecule has 0 aromatic heterocycles. The predicted octanol–water partition coefficient (Wildman–Crippen LogP) is 5.08. The van der Waals surface area contributed by atoms with Crippen molar-refractivity contribution in [1.82, 2.24) is 0 Å². The number of hydrogen-bond donors (Lipinski definition) is 2. The molecule has 0 aliphatic heterocycles. The SMILES string of the molecule is O=C(Nc1ccc([N+](=O)[O-])c(NC(=O)C2CC2c2ccccc2)c1)C1CC1c1ccccc1. The lowest BCUT2D eigenvalue weighted by Crippen LogP contribution is -2.17. The molecule has 5 rings (SSSR count). The number of amides is 2. The molecular formula is C26H23N3O4. The van der Waals surface area contributed by atoms with E-state index in [2.05, 4.69) is 10.6 Å². The molecule has 33 heavy (non-hydrogen) atoms. The van der Waals surface area contributed by atoms with Crippen LogP contribution in [-0.2, 0) is 9.59 Å². The van der Waals surface area contributed by atoms with Crippen molar-refractivity contribution in [3.63, 3.8) is 0 Å². The summed E-state index contributed by atoms with van der Waals surface area (Å²) in [7, 11) is 0. The van der Waals surface area contributed by atoms with Gasteiger partial charge in [0.1, 0.15) is 5.69 Å². The van der Waals surface area contributed by atoms with Crippen LogP contribution in [0.3, 0.4) is 0 Å². The normalized spacial score (nSPS) is 22.8. The Kier molecular flexibility index (Phi) is 5.38. The zero-order valence-electron chi connectivity index (χ0n) is 17.8. The lowest BCUT2D eigenvalue weighted by atomic mass is 10.1. The second-order valence-corrected chi connectivity index (χ2v) is 8.69. The van der Waals surface area contributed by atoms with Crippen LogP contribution in [0.1, 0.15) is 35.8 Å². The smallest absolute Gasteiger partial charge is 0.292 e. The van der Waals surface area contributed by atoms with Crippen LogP contribution in [0.15, 0.2) is 78.9 Å². The van der Waals surface area contributed by atoms with Gasteiger partial charge in [-0.05, 0) is 47.9 Å². The number of nitrogens with zero attached hydrogens (tertiary/aromatic N) is 1. The first-order valence-corrected chi connectivity index (χ1v) is 11.0. The number of nitro groups is 1. The molecule has 2 aliphatic rings. The van der Waals surface area contributed by atoms with E-state index in [1.54, 1.807) is 0 Å². The maximum absolute atomic E-state index is 12.8. The van der Waals surface area contributed by atoms with Gasteiger partial charge in [-0.1, -0.05) is 60.7 Å². The first-order valence-electron chi connectivity index (χ1n) is 11.0. The summed E-state index contributed by atoms with van der Waals surface area (Å²) in [5, 5.41) is 17.1. The van der Waals surface area contributed by atoms with E-state index in [9.17, 15) is 19.7 Å². The lowest BCUT2D eigenvalue weighted by Gasteiger charge is -2.10. The summed E-state index contributed by atoms with van der Waals surface area (Å²) in [5.74, 6) is -0.406. The number of carbonyl (C=O) groups is 2. The first-order chi connectivity index (χ1) is 16.0. The van der Waals surface area contributed by atoms with Crippen molar-refractivity contribution < 1.29 is 14.5 Å². The lowest BCUT2D eigenvalue weighted by molar-refractivity contribution is -0.383. The van der Waals surface area contributed by atoms with Gasteiger partial charge in [-0.15, -0.1) is 0 Å². The fourth-order valence-corrected chi connectivity index (χ4v) is 4.44. The van der Waals surface area contributed by atoms with Crippen molar-refractivity contribution in [2.75, 3.05) is 10.6 Å². The molecule has 3 aromatic rings. The van der Waals surface area contributed by atoms with Gasteiger partial charge in [0.15, 0.2) is 0 Å². The van der Waals surface area contributed by atoms with Gasteiger partial charge in [0, 0.05) is 23.6 Å². The first kappa shape index (κ1) is 20.9. The van der Waals surface area contributed by atoms with Crippen molar-refractivity contribution in [2.24, 2.45) is 11.8 Å². The van der Waals surface area contributed by atoms with Crippen molar-refractivity contribution >= 4 is 28.9 Å². The van der Waals surface area contributed by atoms with Gasteiger partial charge < -0.3 is 10.6 Å². The van der Waals surface area contributed by atoms with Gasteiger partial charge in [-0.3, -0.25) is 19.7 Å². The molecule has 2 saturated carbocycles. The Bertz CT molecular complexity index is 1210. The number of nitro benzene ring substituents is 1. The molecule has 2 amide bonds. The Hall–Kier alpha value is -4.00. The second-order valence-electron chi connectivity index (χ2n) is 8.69. The fraction of sp³-hybridized carbons (Fsp3) is 0.231. The summed E-state index contributed by atoms with van der Waals surface area (Å²) in [4.78, 5) is 36.4. The van der Waals surface area contributed by atoms with Crippen LogP contribution in [0.5, 0.6) is 0 Å². The van der Waals surface area contributed by atoms with Crippen LogP contribution in [0, 0.1) is 22.0 Å². The highest BCUT2D eigenvalue weighted by molar-refractivity contribution is 5.99. The summed E-state index contributed by atoms with van der Waals surface area (Å²) < 4.78 is 0. The van der Waals surface area contributed by atoms with E-state index in [4.69, 9.17) is 0 Å². The summed E-state index contributed by atoms with van der Waals surface area (Å²) in [5.41, 5.74) is 2.54. The minimum absolute atomic E-state index is 0.0944. The third-order valence-corrected chi connectivity index (χ3v) is 6.43. The molecule has 2 N–H and O–H groups in total. The molecular weight excluding hydrogens is 418 g/mol. The molecule has 166 valence electrons. The minimum Gasteiger partial charge on any atom is -0.326 e. The Morgan fingerprint density at radius 3 is 1.79 bits per heavy atom. The average Bonchev–Trinajstić information content (AvgIpc) is 3.74. The third-order valence-electron chi connectivity index (χ3n) is 6.43. The average molecular weight is 441 g/mol. The number of hydrogen-bond acceptors (Lipinski definition) is 4. The Morgan fingerprint density at radius 2 is 1.27 bits per heavy atom. The van der Waals surface area contributed by atoms with Crippen molar-refractivity contribution in [1.29, 1.82) is 0 Å². The van der Waals surface area contributed by atoms with Crippen molar-refractivity contribution in [3.05, 3.63) is 100 Å². The molecule has 4 atom stereocenters. The molecule has 4 unspecified atom stereocenters. The van der Waals surface area contributed by atoms with Crippen LogP contribution in [0.4, 0.5) is 17.1 Å². The number of anilines is 2. The maximum atomic E-state index is 12.8. The molecule has 2 fully saturated rings. The standard InChI is InChI=1S/C26H23N3O4/c30-25(21-14-19(21)16-7-3-1-4-8-16)27-18-11-12-24(29(32)33)23(13-18)28-26(31)22-15-20(22)17-9-5-2-6-10-17/h1-13,19-22H,14-15H2,(H,27,30)(H,28,31). The van der Waals surface area contributed by atoms with Gasteiger partial charge in [0.25, 0.3) is 5.69 Å². The summed E-state index contributed by atoms with van der Waals surface area (Å²) in [6.07, 6.45) is 1.48. The van der Waals surface area contributed by atoms with Crippen LogP contribution < -0.4 is 10.6 Å². The topological polar surface area (TPSA) is 101 Å². The van der Waals surface area contributed by atoms with Crippen molar-refractivity contribution in [3.8, 4) is 0 Å². The zero-order valence-corrected chi connectivity index (χ0v) is 17.8. The fourth-order valence-electron chi connectivity index (χ4n) is 4.44. The zero-order chi connectivity index (χ0) is 22.9. The Morgan fingerprint density at radius 1 is 0.758 bits per heavy atom. The van der Waals surface area contributed by atoms with E-state index >= 15 is 0 Å². The van der Waals surface area contributed by atoms with Crippen molar-refractivity contribution in [2.45, 2.75) is 24.7 Å². The predicted molar refractivity (Wildman–Crippen MR) is 125 cm³/mol. The van der Waals surface area contributed by atoms with E-state index in [1.807, 2.05) is 60.7 Å². The molecule has 0 heterocycles. The number of benzene rings is 3. The van der Waals surface area contributed by atoms with E-state index in [-0.39, 0.29) is 46.9 Å². The molecule has 0 spiro atoms. The highest BCUT2D eigenvalue weighted by atomic mass is 16.6. The molecule has 7 nitrogen and oxygen atoms in total. The van der Waals surface area contributed by atoms with Gasteiger partial charge in [0.05, 0.1) is 4.92 Å². The number of carbonyl (C=O) groups excluding carboxylic acids is 2. The van der Waals surface area contributed by atoms with Gasteiger partial charge in [-0.25, -0.2) is 0 Å². The van der Waals surface area contributed by atoms with E-state index in [0.29, 0.717) is 12.1 Å². The maximum Gasteiger partial charge on any atom is 0.292 e. The molecule has 0 radical (unpaired) electrons. The van der Waals surface area contributed by atoms with Crippen LogP contribution >= 0.6 is 0 Å². The highest BCUT2D eigenvalue weighted by Gasteiger charge is 2.45. The summed E-state index contributed by atoms with van der Waals surface area (Å²) in [6, 6.07) is 23.9. The molecule has 3 aromatic carbocycles. The Balaban J connectivity index is 1.26. The third kappa shape index (κ3) is 4.48. The van der Waals surface area contributed by atoms with Crippen LogP contribution in [-0.4, -0.2) is 16.7 Å². The number of nitrogens with one attached hydrogen (secondary N) is 2.